The van der Waals surface area contributed by atoms with Crippen LogP contribution in [0, 0.1) is 17.6 Å². The fourth-order valence-electron chi connectivity index (χ4n) is 2.45. The highest BCUT2D eigenvalue weighted by Crippen LogP contribution is 2.20. The largest absolute Gasteiger partial charge is 0.307 e. The van der Waals surface area contributed by atoms with Gasteiger partial charge in [-0.25, -0.2) is 8.78 Å². The fourth-order valence-corrected chi connectivity index (χ4v) is 2.45. The molecule has 0 saturated carbocycles. The second-order valence-corrected chi connectivity index (χ2v) is 4.96. The van der Waals surface area contributed by atoms with Gasteiger partial charge in [0, 0.05) is 18.2 Å². The van der Waals surface area contributed by atoms with Gasteiger partial charge < -0.3 is 5.32 Å². The summed E-state index contributed by atoms with van der Waals surface area (Å²) >= 11 is 0. The molecule has 0 radical (unpaired) electrons. The van der Waals surface area contributed by atoms with E-state index in [0.29, 0.717) is 17.5 Å². The summed E-state index contributed by atoms with van der Waals surface area (Å²) in [6.07, 6.45) is 2.21. The quantitative estimate of drug-likeness (QED) is 0.792. The van der Waals surface area contributed by atoms with E-state index in [-0.39, 0.29) is 6.04 Å². The molecule has 1 aromatic carbocycles. The average molecular weight is 255 g/mol. The highest BCUT2D eigenvalue weighted by atomic mass is 19.1. The molecule has 1 N–H and O–H groups in total. The van der Waals surface area contributed by atoms with Crippen LogP contribution < -0.4 is 5.32 Å². The van der Waals surface area contributed by atoms with Crippen LogP contribution in [0.5, 0.6) is 0 Å². The van der Waals surface area contributed by atoms with E-state index in [1.165, 1.54) is 12.1 Å². The minimum absolute atomic E-state index is 0.0502. The summed E-state index contributed by atoms with van der Waals surface area (Å²) < 4.78 is 26.3. The summed E-state index contributed by atoms with van der Waals surface area (Å²) in [6, 6.07) is 3.97. The highest BCUT2D eigenvalue weighted by molar-refractivity contribution is 5.21. The van der Waals surface area contributed by atoms with E-state index >= 15 is 0 Å². The molecule has 0 bridgehead atoms. The molecule has 102 valence electrons. The van der Waals surface area contributed by atoms with Crippen LogP contribution in [-0.4, -0.2) is 6.04 Å². The Morgan fingerprint density at radius 2 is 1.50 bits per heavy atom. The first-order valence-corrected chi connectivity index (χ1v) is 6.69. The zero-order valence-corrected chi connectivity index (χ0v) is 11.6. The zero-order valence-electron chi connectivity index (χ0n) is 11.6. The van der Waals surface area contributed by atoms with Gasteiger partial charge in [-0.1, -0.05) is 26.7 Å². The number of rotatable bonds is 6. The molecule has 18 heavy (non-hydrogen) atoms. The van der Waals surface area contributed by atoms with Crippen molar-refractivity contribution in [2.24, 2.45) is 5.92 Å². The van der Waals surface area contributed by atoms with Crippen LogP contribution in [0.1, 0.15) is 52.1 Å². The van der Waals surface area contributed by atoms with Crippen LogP contribution in [0.4, 0.5) is 8.78 Å². The number of hydrogen-bond donors (Lipinski definition) is 1. The fraction of sp³-hybridized carbons (Fsp3) is 0.600. The average Bonchev–Trinajstić information content (AvgIpc) is 2.29. The molecule has 2 unspecified atom stereocenters. The molecule has 0 aliphatic carbocycles. The molecule has 0 aliphatic heterocycles. The van der Waals surface area contributed by atoms with Gasteiger partial charge in [0.2, 0.25) is 0 Å². The van der Waals surface area contributed by atoms with Crippen molar-refractivity contribution in [1.29, 1.82) is 0 Å². The van der Waals surface area contributed by atoms with Crippen molar-refractivity contribution in [3.05, 3.63) is 35.4 Å². The van der Waals surface area contributed by atoms with Gasteiger partial charge in [0.05, 0.1) is 0 Å². The second-order valence-electron chi connectivity index (χ2n) is 4.96. The molecule has 0 spiro atoms. The highest BCUT2D eigenvalue weighted by Gasteiger charge is 2.17. The van der Waals surface area contributed by atoms with Crippen molar-refractivity contribution < 1.29 is 8.78 Å². The van der Waals surface area contributed by atoms with Crippen LogP contribution in [0.15, 0.2) is 18.2 Å². The van der Waals surface area contributed by atoms with Crippen LogP contribution in [0.25, 0.3) is 0 Å². The van der Waals surface area contributed by atoms with Crippen molar-refractivity contribution in [2.45, 2.75) is 52.6 Å². The molecule has 0 heterocycles. The lowest BCUT2D eigenvalue weighted by Gasteiger charge is -2.26. The Morgan fingerprint density at radius 1 is 1.00 bits per heavy atom. The second kappa shape index (κ2) is 6.83. The normalized spacial score (nSPS) is 14.8. The van der Waals surface area contributed by atoms with Crippen molar-refractivity contribution in [3.8, 4) is 0 Å². The SMILES string of the molecule is CCC(CC)C(C)NC(C)c1cc(F)cc(F)c1. The Morgan fingerprint density at radius 3 is 1.94 bits per heavy atom. The third-order valence-electron chi connectivity index (χ3n) is 3.65. The summed E-state index contributed by atoms with van der Waals surface area (Å²) in [6.45, 7) is 8.40. The summed E-state index contributed by atoms with van der Waals surface area (Å²) in [4.78, 5) is 0. The Labute approximate surface area is 109 Å². The van der Waals surface area contributed by atoms with Gasteiger partial charge in [-0.3, -0.25) is 0 Å². The van der Waals surface area contributed by atoms with Gasteiger partial charge in [-0.2, -0.15) is 0 Å². The van der Waals surface area contributed by atoms with Gasteiger partial charge in [0.1, 0.15) is 11.6 Å². The molecular weight excluding hydrogens is 232 g/mol. The monoisotopic (exact) mass is 255 g/mol. The van der Waals surface area contributed by atoms with E-state index in [1.807, 2.05) is 6.92 Å². The first-order chi connectivity index (χ1) is 8.47. The topological polar surface area (TPSA) is 12.0 Å². The van der Waals surface area contributed by atoms with E-state index in [2.05, 4.69) is 26.1 Å². The summed E-state index contributed by atoms with van der Waals surface area (Å²) in [7, 11) is 0. The van der Waals surface area contributed by atoms with E-state index < -0.39 is 11.6 Å². The Hall–Kier alpha value is -0.960. The molecule has 3 heteroatoms. The van der Waals surface area contributed by atoms with Crippen LogP contribution >= 0.6 is 0 Å². The van der Waals surface area contributed by atoms with Crippen molar-refractivity contribution in [2.75, 3.05) is 0 Å². The van der Waals surface area contributed by atoms with Crippen LogP contribution in [0.2, 0.25) is 0 Å². The van der Waals surface area contributed by atoms with E-state index in [4.69, 9.17) is 0 Å². The molecule has 2 atom stereocenters. The maximum atomic E-state index is 13.1. The first-order valence-electron chi connectivity index (χ1n) is 6.69. The van der Waals surface area contributed by atoms with Gasteiger partial charge in [0.25, 0.3) is 0 Å². The van der Waals surface area contributed by atoms with E-state index in [1.54, 1.807) is 0 Å². The molecule has 0 aliphatic rings. The van der Waals surface area contributed by atoms with Gasteiger partial charge in [-0.15, -0.1) is 0 Å². The third-order valence-corrected chi connectivity index (χ3v) is 3.65. The van der Waals surface area contributed by atoms with Crippen LogP contribution in [0.3, 0.4) is 0 Å². The molecule has 1 rings (SSSR count). The zero-order chi connectivity index (χ0) is 13.7. The van der Waals surface area contributed by atoms with Crippen molar-refractivity contribution >= 4 is 0 Å². The number of nitrogens with one attached hydrogen (secondary N) is 1. The van der Waals surface area contributed by atoms with Crippen molar-refractivity contribution in [3.63, 3.8) is 0 Å². The minimum atomic E-state index is -0.520. The van der Waals surface area contributed by atoms with Crippen molar-refractivity contribution in [1.82, 2.24) is 5.32 Å². The Balaban J connectivity index is 2.72. The smallest absolute Gasteiger partial charge is 0.126 e. The number of halogens is 2. The predicted molar refractivity (Wildman–Crippen MR) is 71.4 cm³/mol. The molecule has 0 aromatic heterocycles. The molecule has 1 aromatic rings. The summed E-state index contributed by atoms with van der Waals surface area (Å²) in [5.41, 5.74) is 0.658. The van der Waals surface area contributed by atoms with Crippen LogP contribution in [-0.2, 0) is 0 Å². The summed E-state index contributed by atoms with van der Waals surface area (Å²) in [5.74, 6) is -0.450. The summed E-state index contributed by atoms with van der Waals surface area (Å²) in [5, 5.41) is 3.42. The van der Waals surface area contributed by atoms with Gasteiger partial charge in [0.15, 0.2) is 0 Å². The van der Waals surface area contributed by atoms with Gasteiger partial charge in [-0.05, 0) is 37.5 Å². The number of hydrogen-bond acceptors (Lipinski definition) is 1. The lowest BCUT2D eigenvalue weighted by molar-refractivity contribution is 0.329. The van der Waals surface area contributed by atoms with Gasteiger partial charge >= 0.3 is 0 Å². The molecule has 0 saturated heterocycles. The lowest BCUT2D eigenvalue weighted by atomic mass is 9.94. The third kappa shape index (κ3) is 4.05. The molecule has 0 amide bonds. The Kier molecular flexibility index (Phi) is 5.73. The maximum Gasteiger partial charge on any atom is 0.126 e. The molecule has 1 nitrogen and oxygen atoms in total. The first kappa shape index (κ1) is 15.1. The van der Waals surface area contributed by atoms with E-state index in [9.17, 15) is 8.78 Å². The lowest BCUT2D eigenvalue weighted by Crippen LogP contribution is -2.35. The molecular formula is C15H23F2N. The number of benzene rings is 1. The molecule has 0 fully saturated rings. The standard InChI is InChI=1S/C15H23F2N/c1-5-12(6-2)10(3)18-11(4)13-7-14(16)9-15(17)8-13/h7-12,18H,5-6H2,1-4H3. The van der Waals surface area contributed by atoms with E-state index in [0.717, 1.165) is 18.9 Å². The maximum absolute atomic E-state index is 13.1. The predicted octanol–water partition coefficient (Wildman–Crippen LogP) is 4.44. The minimum Gasteiger partial charge on any atom is -0.307 e. The Bertz CT molecular complexity index is 355.